The molecule has 1 atom stereocenters. The number of nitrogens with zero attached hydrogens (tertiary/aromatic N) is 3. The lowest BCUT2D eigenvalue weighted by Gasteiger charge is -2.33. The van der Waals surface area contributed by atoms with Crippen molar-refractivity contribution in [2.24, 2.45) is 0 Å². The monoisotopic (exact) mass is 331 g/mol. The van der Waals surface area contributed by atoms with Crippen molar-refractivity contribution in [1.29, 1.82) is 0 Å². The largest absolute Gasteiger partial charge is 0.332 e. The summed E-state index contributed by atoms with van der Waals surface area (Å²) in [6, 6.07) is 7.93. The molecule has 0 radical (unpaired) electrons. The normalized spacial score (nSPS) is 17.4. The highest BCUT2D eigenvalue weighted by molar-refractivity contribution is 8.00. The third kappa shape index (κ3) is 3.64. The lowest BCUT2D eigenvalue weighted by atomic mass is 10.2. The van der Waals surface area contributed by atoms with E-state index in [1.165, 1.54) is 11.8 Å². The van der Waals surface area contributed by atoms with Crippen LogP contribution in [0.4, 0.5) is 0 Å². The molecule has 2 heterocycles. The first-order chi connectivity index (χ1) is 11.2. The molecular weight excluding hydrogens is 308 g/mol. The van der Waals surface area contributed by atoms with Crippen molar-refractivity contribution < 1.29 is 9.69 Å². The van der Waals surface area contributed by atoms with E-state index in [2.05, 4.69) is 16.9 Å². The highest BCUT2D eigenvalue weighted by Crippen LogP contribution is 2.28. The number of nitrogens with one attached hydrogen (secondary N) is 1. The summed E-state index contributed by atoms with van der Waals surface area (Å²) in [6.45, 7) is 9.13. The van der Waals surface area contributed by atoms with E-state index in [0.717, 1.165) is 48.7 Å². The summed E-state index contributed by atoms with van der Waals surface area (Å²) in [5.41, 5.74) is 0.921. The highest BCUT2D eigenvalue weighted by atomic mass is 32.2. The van der Waals surface area contributed by atoms with Gasteiger partial charge in [0.25, 0.3) is 0 Å². The maximum absolute atomic E-state index is 12.7. The molecule has 1 aromatic heterocycles. The molecule has 1 N–H and O–H groups in total. The number of piperazine rings is 1. The van der Waals surface area contributed by atoms with Gasteiger partial charge >= 0.3 is 0 Å². The second-order valence-electron chi connectivity index (χ2n) is 5.88. The van der Waals surface area contributed by atoms with E-state index in [9.17, 15) is 4.79 Å². The molecule has 6 heteroatoms. The Labute approximate surface area is 141 Å². The maximum atomic E-state index is 12.7. The predicted octanol–water partition coefficient (Wildman–Crippen LogP) is 0.857. The summed E-state index contributed by atoms with van der Waals surface area (Å²) in [7, 11) is 0. The van der Waals surface area contributed by atoms with Crippen molar-refractivity contribution in [3.8, 4) is 0 Å². The van der Waals surface area contributed by atoms with Crippen LogP contribution in [-0.2, 0) is 4.79 Å². The molecule has 1 aliphatic heterocycles. The number of carbonyl (C=O) groups excluding carboxylic acids is 1. The average molecular weight is 331 g/mol. The number of hydrogen-bond acceptors (Lipinski definition) is 4. The van der Waals surface area contributed by atoms with Gasteiger partial charge in [-0.1, -0.05) is 30.0 Å². The van der Waals surface area contributed by atoms with E-state index in [-0.39, 0.29) is 11.2 Å². The minimum Gasteiger partial charge on any atom is -0.332 e. The standard InChI is InChI=1S/C17H22N4OS/c1-3-20-8-10-21(11-9-20)17(22)13(2)23-16-14-6-4-5-7-15(14)18-12-19-16/h4-7,12-13H,3,8-11H2,1-2H3/p+1/t13-/m0/s1. The molecule has 3 rings (SSSR count). The first-order valence-electron chi connectivity index (χ1n) is 8.17. The SMILES string of the molecule is CC[NH+]1CCN(C(=O)[C@H](C)Sc2ncnc3ccccc23)CC1. The van der Waals surface area contributed by atoms with Gasteiger partial charge in [0.1, 0.15) is 11.4 Å². The van der Waals surface area contributed by atoms with Gasteiger partial charge in [0, 0.05) is 5.39 Å². The van der Waals surface area contributed by atoms with Gasteiger partial charge in [-0.2, -0.15) is 0 Å². The lowest BCUT2D eigenvalue weighted by molar-refractivity contribution is -0.902. The summed E-state index contributed by atoms with van der Waals surface area (Å²) in [4.78, 5) is 24.9. The number of fused-ring (bicyclic) bond motifs is 1. The molecule has 1 aromatic carbocycles. The molecular formula is C17H23N4OS+. The van der Waals surface area contributed by atoms with Gasteiger partial charge < -0.3 is 9.80 Å². The lowest BCUT2D eigenvalue weighted by Crippen LogP contribution is -3.14. The first kappa shape index (κ1) is 16.2. The number of likely N-dealkylation sites (N-methyl/N-ethyl adjacent to an activating group) is 1. The molecule has 122 valence electrons. The van der Waals surface area contributed by atoms with Crippen LogP contribution in [0.3, 0.4) is 0 Å². The molecule has 0 saturated carbocycles. The zero-order valence-electron chi connectivity index (χ0n) is 13.7. The summed E-state index contributed by atoms with van der Waals surface area (Å²) in [5.74, 6) is 0.216. The van der Waals surface area contributed by atoms with Gasteiger partial charge in [0.15, 0.2) is 0 Å². The molecule has 0 unspecified atom stereocenters. The smallest absolute Gasteiger partial charge is 0.236 e. The third-order valence-electron chi connectivity index (χ3n) is 4.42. The van der Waals surface area contributed by atoms with Crippen molar-refractivity contribution in [1.82, 2.24) is 14.9 Å². The fourth-order valence-corrected chi connectivity index (χ4v) is 3.94. The Balaban J connectivity index is 1.68. The molecule has 0 aliphatic carbocycles. The Hall–Kier alpha value is -1.66. The van der Waals surface area contributed by atoms with Crippen LogP contribution in [0.15, 0.2) is 35.6 Å². The van der Waals surface area contributed by atoms with E-state index in [0.29, 0.717) is 0 Å². The van der Waals surface area contributed by atoms with E-state index in [1.54, 1.807) is 11.2 Å². The quantitative estimate of drug-likeness (QED) is 0.667. The minimum atomic E-state index is -0.128. The summed E-state index contributed by atoms with van der Waals surface area (Å²) >= 11 is 1.53. The Kier molecular flexibility index (Phi) is 5.13. The minimum absolute atomic E-state index is 0.128. The summed E-state index contributed by atoms with van der Waals surface area (Å²) < 4.78 is 0. The number of aromatic nitrogens is 2. The Bertz CT molecular complexity index is 680. The zero-order chi connectivity index (χ0) is 16.2. The van der Waals surface area contributed by atoms with Crippen molar-refractivity contribution >= 4 is 28.6 Å². The molecule has 5 nitrogen and oxygen atoms in total. The van der Waals surface area contributed by atoms with Crippen LogP contribution >= 0.6 is 11.8 Å². The van der Waals surface area contributed by atoms with Gasteiger partial charge in [-0.15, -0.1) is 0 Å². The van der Waals surface area contributed by atoms with Crippen molar-refractivity contribution in [2.45, 2.75) is 24.1 Å². The van der Waals surface area contributed by atoms with E-state index < -0.39 is 0 Å². The van der Waals surface area contributed by atoms with Crippen LogP contribution in [-0.4, -0.2) is 58.7 Å². The number of amides is 1. The Morgan fingerprint density at radius 1 is 1.30 bits per heavy atom. The number of thioether (sulfide) groups is 1. The van der Waals surface area contributed by atoms with Crippen molar-refractivity contribution in [3.05, 3.63) is 30.6 Å². The van der Waals surface area contributed by atoms with Crippen LogP contribution < -0.4 is 4.90 Å². The number of para-hydroxylation sites is 1. The van der Waals surface area contributed by atoms with Gasteiger partial charge in [0.2, 0.25) is 5.91 Å². The van der Waals surface area contributed by atoms with Crippen molar-refractivity contribution in [2.75, 3.05) is 32.7 Å². The molecule has 1 aliphatic rings. The third-order valence-corrected chi connectivity index (χ3v) is 5.53. The van der Waals surface area contributed by atoms with Crippen LogP contribution in [0.2, 0.25) is 0 Å². The first-order valence-corrected chi connectivity index (χ1v) is 9.05. The summed E-state index contributed by atoms with van der Waals surface area (Å²) in [5, 5.41) is 1.77. The van der Waals surface area contributed by atoms with E-state index in [4.69, 9.17) is 0 Å². The molecule has 23 heavy (non-hydrogen) atoms. The van der Waals surface area contributed by atoms with Crippen molar-refractivity contribution in [3.63, 3.8) is 0 Å². The average Bonchev–Trinajstić information content (AvgIpc) is 2.61. The highest BCUT2D eigenvalue weighted by Gasteiger charge is 2.27. The molecule has 2 aromatic rings. The van der Waals surface area contributed by atoms with Crippen LogP contribution in [0, 0.1) is 0 Å². The molecule has 1 saturated heterocycles. The van der Waals surface area contributed by atoms with Crippen LogP contribution in [0.1, 0.15) is 13.8 Å². The molecule has 0 bridgehead atoms. The topological polar surface area (TPSA) is 50.5 Å². The number of rotatable bonds is 4. The second kappa shape index (κ2) is 7.27. The van der Waals surface area contributed by atoms with Crippen LogP contribution in [0.25, 0.3) is 10.9 Å². The maximum Gasteiger partial charge on any atom is 0.236 e. The van der Waals surface area contributed by atoms with E-state index >= 15 is 0 Å². The number of carbonyl (C=O) groups is 1. The van der Waals surface area contributed by atoms with Gasteiger partial charge in [0.05, 0.1) is 43.5 Å². The molecule has 0 spiro atoms. The van der Waals surface area contributed by atoms with Gasteiger partial charge in [-0.3, -0.25) is 4.79 Å². The fraction of sp³-hybridized carbons (Fsp3) is 0.471. The predicted molar refractivity (Wildman–Crippen MR) is 92.7 cm³/mol. The van der Waals surface area contributed by atoms with E-state index in [1.807, 2.05) is 36.1 Å². The van der Waals surface area contributed by atoms with Gasteiger partial charge in [-0.05, 0) is 19.9 Å². The number of quaternary nitrogens is 1. The number of hydrogen-bond donors (Lipinski definition) is 1. The number of benzene rings is 1. The second-order valence-corrected chi connectivity index (χ2v) is 7.21. The summed E-state index contributed by atoms with van der Waals surface area (Å²) in [6.07, 6.45) is 1.57. The zero-order valence-corrected chi connectivity index (χ0v) is 14.5. The Morgan fingerprint density at radius 3 is 2.78 bits per heavy atom. The fourth-order valence-electron chi connectivity index (χ4n) is 2.95. The van der Waals surface area contributed by atoms with Crippen LogP contribution in [0.5, 0.6) is 0 Å². The molecule has 1 fully saturated rings. The Morgan fingerprint density at radius 2 is 2.04 bits per heavy atom. The van der Waals surface area contributed by atoms with Gasteiger partial charge in [-0.25, -0.2) is 9.97 Å². The molecule has 1 amide bonds.